The van der Waals surface area contributed by atoms with Crippen LogP contribution in [0.3, 0.4) is 0 Å². The molecule has 25 heteroatoms. The number of aliphatic hydroxyl groups excluding tert-OH is 10. The van der Waals surface area contributed by atoms with Gasteiger partial charge in [-0.1, -0.05) is 193 Å². The van der Waals surface area contributed by atoms with Crippen molar-refractivity contribution in [1.29, 1.82) is 0 Å². The Hall–Kier alpha value is -2.56. The van der Waals surface area contributed by atoms with E-state index in [9.17, 15) is 74.9 Å². The van der Waals surface area contributed by atoms with Gasteiger partial charge in [0.05, 0.1) is 13.2 Å². The highest BCUT2D eigenvalue weighted by molar-refractivity contribution is 7.47. The Balaban J connectivity index is 1.77. The van der Waals surface area contributed by atoms with Crippen molar-refractivity contribution in [3.05, 3.63) is 24.3 Å². The highest BCUT2D eigenvalue weighted by atomic mass is 31.2. The number of phosphoric acid groups is 1. The first-order chi connectivity index (χ1) is 44.8. The van der Waals surface area contributed by atoms with Crippen molar-refractivity contribution < 1.29 is 117 Å². The van der Waals surface area contributed by atoms with Gasteiger partial charge in [0.15, 0.2) is 18.7 Å². The van der Waals surface area contributed by atoms with E-state index in [1.54, 1.807) is 0 Å². The molecule has 2 aliphatic heterocycles. The number of phosphoric ester groups is 1. The van der Waals surface area contributed by atoms with E-state index < -0.39 is 156 Å². The number of carbonyl (C=O) groups excluding carboxylic acids is 3. The number of hydrogen-bond donors (Lipinski definition) is 11. The predicted molar refractivity (Wildman–Crippen MR) is 347 cm³/mol. The average molecular weight is 1360 g/mol. The summed E-state index contributed by atoms with van der Waals surface area (Å²) in [6.07, 6.45) is 8.54. The lowest BCUT2D eigenvalue weighted by Crippen LogP contribution is -2.69. The molecule has 3 rings (SSSR count). The van der Waals surface area contributed by atoms with Crippen molar-refractivity contribution >= 4 is 25.7 Å². The summed E-state index contributed by atoms with van der Waals surface area (Å²) < 4.78 is 64.8. The molecular formula is C68H123O24P. The highest BCUT2D eigenvalue weighted by Crippen LogP contribution is 2.49. The number of rotatable bonds is 54. The Kier molecular flexibility index (Phi) is 46.2. The number of aliphatic hydroxyl groups is 10. The summed E-state index contributed by atoms with van der Waals surface area (Å²) >= 11 is 0. The second-order valence-corrected chi connectivity index (χ2v) is 27.0. The molecule has 0 aromatic heterocycles. The zero-order chi connectivity index (χ0) is 68.2. The number of unbranched alkanes of at least 4 members (excludes halogenated alkanes) is 29. The Morgan fingerprint density at radius 3 is 1.17 bits per heavy atom. The lowest BCUT2D eigenvalue weighted by Gasteiger charge is -2.49. The minimum Gasteiger partial charge on any atom is -0.463 e. The van der Waals surface area contributed by atoms with Gasteiger partial charge in [-0.25, -0.2) is 4.57 Å². The predicted octanol–water partition coefficient (Wildman–Crippen LogP) is 8.57. The van der Waals surface area contributed by atoms with Crippen molar-refractivity contribution in [1.82, 2.24) is 0 Å². The van der Waals surface area contributed by atoms with Gasteiger partial charge in [-0.2, -0.15) is 0 Å². The molecule has 0 radical (unpaired) electrons. The first-order valence-corrected chi connectivity index (χ1v) is 37.1. The molecule has 93 heavy (non-hydrogen) atoms. The summed E-state index contributed by atoms with van der Waals surface area (Å²) in [5.41, 5.74) is 0. The third kappa shape index (κ3) is 34.7. The maximum atomic E-state index is 14.3. The van der Waals surface area contributed by atoms with Crippen molar-refractivity contribution in [3.8, 4) is 0 Å². The molecule has 0 spiro atoms. The Morgan fingerprint density at radius 1 is 0.409 bits per heavy atom. The van der Waals surface area contributed by atoms with Gasteiger partial charge in [0.2, 0.25) is 0 Å². The Labute approximate surface area is 554 Å². The molecule has 544 valence electrons. The number of allylic oxidation sites excluding steroid dienone is 4. The van der Waals surface area contributed by atoms with Gasteiger partial charge in [-0.05, 0) is 70.6 Å². The van der Waals surface area contributed by atoms with Crippen LogP contribution < -0.4 is 0 Å². The first-order valence-electron chi connectivity index (χ1n) is 35.6. The van der Waals surface area contributed by atoms with Gasteiger partial charge in [0, 0.05) is 19.3 Å². The second-order valence-electron chi connectivity index (χ2n) is 25.6. The highest BCUT2D eigenvalue weighted by Gasteiger charge is 2.58. The lowest BCUT2D eigenvalue weighted by atomic mass is 9.84. The van der Waals surface area contributed by atoms with E-state index in [4.69, 9.17) is 42.2 Å². The van der Waals surface area contributed by atoms with Crippen LogP contribution in [0.1, 0.15) is 258 Å². The van der Waals surface area contributed by atoms with E-state index in [-0.39, 0.29) is 19.3 Å². The fourth-order valence-electron chi connectivity index (χ4n) is 11.6. The number of esters is 3. The van der Waals surface area contributed by atoms with Gasteiger partial charge < -0.3 is 89.1 Å². The third-order valence-electron chi connectivity index (χ3n) is 17.5. The van der Waals surface area contributed by atoms with Gasteiger partial charge in [-0.3, -0.25) is 23.4 Å². The van der Waals surface area contributed by atoms with Crippen molar-refractivity contribution in [3.63, 3.8) is 0 Å². The molecule has 1 aliphatic carbocycles. The van der Waals surface area contributed by atoms with E-state index in [1.165, 1.54) is 103 Å². The molecule has 18 unspecified atom stereocenters. The zero-order valence-corrected chi connectivity index (χ0v) is 57.2. The Morgan fingerprint density at radius 2 is 0.753 bits per heavy atom. The van der Waals surface area contributed by atoms with Crippen LogP contribution in [0, 0.1) is 0 Å². The SMILES string of the molecule is CCCCCCCC/C=C\CCCCCC(=O)OCC1OC(OC2C(O)C(O)C(O)C(OC3OC(CO)C(O)C(O)C3O)C2OP(=O)(O)OCC(COC(=O)CCCCCCCCCCCCC)OC(=O)CCCCC/C=C\CCCCCCCCC)C(O)C(O)C1O. The van der Waals surface area contributed by atoms with Gasteiger partial charge in [0.25, 0.3) is 0 Å². The normalized spacial score (nSPS) is 28.6. The molecular weight excluding hydrogens is 1230 g/mol. The monoisotopic (exact) mass is 1350 g/mol. The summed E-state index contributed by atoms with van der Waals surface area (Å²) in [4.78, 5) is 50.8. The van der Waals surface area contributed by atoms with Gasteiger partial charge in [0.1, 0.15) is 98.7 Å². The van der Waals surface area contributed by atoms with Crippen LogP contribution in [0.5, 0.6) is 0 Å². The average Bonchev–Trinajstić information content (AvgIpc) is 0.783. The van der Waals surface area contributed by atoms with Crippen LogP contribution >= 0.6 is 7.82 Å². The van der Waals surface area contributed by atoms with E-state index in [0.717, 1.165) is 89.9 Å². The minimum absolute atomic E-state index is 0.00747. The summed E-state index contributed by atoms with van der Waals surface area (Å²) in [5.74, 6) is -2.03. The summed E-state index contributed by atoms with van der Waals surface area (Å²) in [6.45, 7) is 3.37. The summed E-state index contributed by atoms with van der Waals surface area (Å²) in [5, 5.41) is 110. The van der Waals surface area contributed by atoms with Crippen LogP contribution in [0.15, 0.2) is 24.3 Å². The topological polar surface area (TPSA) is 374 Å². The molecule has 11 N–H and O–H groups in total. The quantitative estimate of drug-likeness (QED) is 0.00892. The lowest BCUT2D eigenvalue weighted by molar-refractivity contribution is -0.360. The van der Waals surface area contributed by atoms with Gasteiger partial charge in [-0.15, -0.1) is 0 Å². The second kappa shape index (κ2) is 50.7. The van der Waals surface area contributed by atoms with E-state index in [0.29, 0.717) is 25.7 Å². The number of carbonyl (C=O) groups is 3. The number of ether oxygens (including phenoxy) is 7. The summed E-state index contributed by atoms with van der Waals surface area (Å²) in [6, 6.07) is 0. The fourth-order valence-corrected chi connectivity index (χ4v) is 12.5. The van der Waals surface area contributed by atoms with E-state index >= 15 is 0 Å². The van der Waals surface area contributed by atoms with E-state index in [2.05, 4.69) is 45.1 Å². The van der Waals surface area contributed by atoms with Crippen LogP contribution in [0.2, 0.25) is 0 Å². The maximum Gasteiger partial charge on any atom is 0.472 e. The van der Waals surface area contributed by atoms with Crippen molar-refractivity contribution in [2.24, 2.45) is 0 Å². The maximum absolute atomic E-state index is 14.3. The molecule has 0 aromatic carbocycles. The number of hydrogen-bond acceptors (Lipinski definition) is 23. The standard InChI is InChI=1S/C68H123O24P/c1-4-7-10-13-16-19-22-24-26-29-32-35-38-41-44-54(72)87-49(46-84-52(70)42-39-36-33-30-27-21-18-15-12-9-6-3)47-86-93(82,83)92-66-64(90-67-62(80)57(75)55(73)50(45-69)88-67)60(78)59(77)61(79)65(66)91-68-63(81)58(76)56(74)51(89-68)48-85-53(71)43-40-37-34-31-28-25-23-20-17-14-11-8-5-2/h25-26,28-29,49-51,55-69,73-81H,4-24,27,30-48H2,1-3H3,(H,82,83)/b28-25-,29-26-. The molecule has 1 saturated carbocycles. The third-order valence-corrected chi connectivity index (χ3v) is 18.4. The van der Waals surface area contributed by atoms with Crippen LogP contribution in [-0.2, 0) is 61.2 Å². The molecule has 2 heterocycles. The van der Waals surface area contributed by atoms with Crippen LogP contribution in [0.4, 0.5) is 0 Å². The molecule has 24 nitrogen and oxygen atoms in total. The minimum atomic E-state index is -5.69. The smallest absolute Gasteiger partial charge is 0.463 e. The van der Waals surface area contributed by atoms with Crippen molar-refractivity contribution in [2.75, 3.05) is 26.4 Å². The zero-order valence-electron chi connectivity index (χ0n) is 56.3. The summed E-state index contributed by atoms with van der Waals surface area (Å²) in [7, 11) is -5.69. The first kappa shape index (κ1) is 84.7. The molecule has 3 aliphatic rings. The molecule has 0 bridgehead atoms. The molecule has 3 fully saturated rings. The van der Waals surface area contributed by atoms with Crippen LogP contribution in [-0.4, -0.2) is 204 Å². The van der Waals surface area contributed by atoms with E-state index in [1.807, 2.05) is 0 Å². The van der Waals surface area contributed by atoms with Crippen molar-refractivity contribution in [2.45, 2.75) is 362 Å². The molecule has 0 amide bonds. The molecule has 18 atom stereocenters. The molecule has 0 aromatic rings. The molecule has 2 saturated heterocycles. The van der Waals surface area contributed by atoms with Gasteiger partial charge >= 0.3 is 25.7 Å². The fraction of sp³-hybridized carbons (Fsp3) is 0.897. The largest absolute Gasteiger partial charge is 0.472 e. The Bertz CT molecular complexity index is 2040. The van der Waals surface area contributed by atoms with Crippen LogP contribution in [0.25, 0.3) is 0 Å².